The van der Waals surface area contributed by atoms with Gasteiger partial charge >= 0.3 is 11.9 Å². The summed E-state index contributed by atoms with van der Waals surface area (Å²) in [5.74, 6) is -2.09. The normalized spacial score (nSPS) is 11.2. The van der Waals surface area contributed by atoms with Gasteiger partial charge in [0.25, 0.3) is 0 Å². The van der Waals surface area contributed by atoms with Crippen LogP contribution in [0.3, 0.4) is 0 Å². The second-order valence-electron chi connectivity index (χ2n) is 3.89. The summed E-state index contributed by atoms with van der Waals surface area (Å²) in [6.07, 6.45) is 1.37. The summed E-state index contributed by atoms with van der Waals surface area (Å²) in [4.78, 5) is 22.6. The Kier molecular flexibility index (Phi) is 4.66. The predicted molar refractivity (Wildman–Crippen MR) is 68.2 cm³/mol. The monoisotopic (exact) mass is 248 g/mol. The van der Waals surface area contributed by atoms with Gasteiger partial charge in [-0.15, -0.1) is 0 Å². The SMILES string of the molecule is CCOC(=O)C(=Cc1c(C)cccc1C)C(=O)O. The van der Waals surface area contributed by atoms with Crippen molar-refractivity contribution in [3.63, 3.8) is 0 Å². The summed E-state index contributed by atoms with van der Waals surface area (Å²) in [5, 5.41) is 9.04. The average Bonchev–Trinajstić information content (AvgIpc) is 2.28. The van der Waals surface area contributed by atoms with Crippen molar-refractivity contribution in [3.05, 3.63) is 40.5 Å². The van der Waals surface area contributed by atoms with E-state index in [0.717, 1.165) is 16.7 Å². The number of rotatable bonds is 4. The molecule has 1 rings (SSSR count). The Balaban J connectivity index is 3.25. The summed E-state index contributed by atoms with van der Waals surface area (Å²) >= 11 is 0. The Bertz CT molecular complexity index is 480. The first kappa shape index (κ1) is 14.0. The third-order valence-electron chi connectivity index (χ3n) is 2.56. The average molecular weight is 248 g/mol. The van der Waals surface area contributed by atoms with E-state index in [1.54, 1.807) is 6.92 Å². The molecule has 1 aromatic rings. The van der Waals surface area contributed by atoms with E-state index in [2.05, 4.69) is 0 Å². The highest BCUT2D eigenvalue weighted by Gasteiger charge is 2.19. The maximum absolute atomic E-state index is 11.5. The van der Waals surface area contributed by atoms with Gasteiger partial charge in [0.1, 0.15) is 5.57 Å². The summed E-state index contributed by atoms with van der Waals surface area (Å²) in [6.45, 7) is 5.51. The summed E-state index contributed by atoms with van der Waals surface area (Å²) < 4.78 is 4.73. The first-order valence-corrected chi connectivity index (χ1v) is 5.65. The van der Waals surface area contributed by atoms with E-state index in [9.17, 15) is 9.59 Å². The Labute approximate surface area is 106 Å². The fraction of sp³-hybridized carbons (Fsp3) is 0.286. The molecule has 18 heavy (non-hydrogen) atoms. The minimum atomic E-state index is -1.28. The Morgan fingerprint density at radius 2 is 1.83 bits per heavy atom. The molecule has 4 heteroatoms. The van der Waals surface area contributed by atoms with Gasteiger partial charge in [0, 0.05) is 0 Å². The van der Waals surface area contributed by atoms with Crippen LogP contribution in [0.15, 0.2) is 23.8 Å². The summed E-state index contributed by atoms with van der Waals surface area (Å²) in [5.41, 5.74) is 2.22. The minimum absolute atomic E-state index is 0.149. The molecule has 4 nitrogen and oxygen atoms in total. The minimum Gasteiger partial charge on any atom is -0.477 e. The van der Waals surface area contributed by atoms with Crippen molar-refractivity contribution in [2.24, 2.45) is 0 Å². The van der Waals surface area contributed by atoms with Gasteiger partial charge < -0.3 is 9.84 Å². The van der Waals surface area contributed by atoms with E-state index in [1.165, 1.54) is 6.08 Å². The van der Waals surface area contributed by atoms with E-state index in [1.807, 2.05) is 32.0 Å². The van der Waals surface area contributed by atoms with Crippen molar-refractivity contribution in [1.29, 1.82) is 0 Å². The van der Waals surface area contributed by atoms with Crippen LogP contribution in [0.1, 0.15) is 23.6 Å². The van der Waals surface area contributed by atoms with Crippen molar-refractivity contribution in [2.45, 2.75) is 20.8 Å². The van der Waals surface area contributed by atoms with E-state index < -0.39 is 11.9 Å². The van der Waals surface area contributed by atoms with Crippen molar-refractivity contribution >= 4 is 18.0 Å². The molecule has 96 valence electrons. The lowest BCUT2D eigenvalue weighted by Gasteiger charge is -2.07. The summed E-state index contributed by atoms with van der Waals surface area (Å²) in [6, 6.07) is 5.61. The molecule has 1 aromatic carbocycles. The van der Waals surface area contributed by atoms with Gasteiger partial charge in [-0.1, -0.05) is 18.2 Å². The number of hydrogen-bond donors (Lipinski definition) is 1. The second kappa shape index (κ2) is 6.00. The first-order chi connectivity index (χ1) is 8.47. The quantitative estimate of drug-likeness (QED) is 0.384. The largest absolute Gasteiger partial charge is 0.477 e. The lowest BCUT2D eigenvalue weighted by atomic mass is 10.0. The number of aliphatic carboxylic acids is 1. The second-order valence-corrected chi connectivity index (χ2v) is 3.89. The van der Waals surface area contributed by atoms with Crippen LogP contribution in [0.25, 0.3) is 6.08 Å². The fourth-order valence-corrected chi connectivity index (χ4v) is 1.62. The zero-order valence-corrected chi connectivity index (χ0v) is 10.7. The first-order valence-electron chi connectivity index (χ1n) is 5.65. The van der Waals surface area contributed by atoms with Crippen LogP contribution in [0.4, 0.5) is 0 Å². The van der Waals surface area contributed by atoms with Gasteiger partial charge in [-0.25, -0.2) is 9.59 Å². The lowest BCUT2D eigenvalue weighted by Crippen LogP contribution is -2.15. The standard InChI is InChI=1S/C14H16O4/c1-4-18-14(17)12(13(15)16)8-11-9(2)6-5-7-10(11)3/h5-8H,4H2,1-3H3,(H,15,16). The van der Waals surface area contributed by atoms with Crippen LogP contribution >= 0.6 is 0 Å². The molecule has 0 aromatic heterocycles. The van der Waals surface area contributed by atoms with Gasteiger partial charge in [-0.05, 0) is 43.5 Å². The van der Waals surface area contributed by atoms with E-state index in [-0.39, 0.29) is 12.2 Å². The molecule has 0 aliphatic carbocycles. The molecule has 0 atom stereocenters. The Morgan fingerprint density at radius 1 is 1.28 bits per heavy atom. The molecule has 0 bridgehead atoms. The van der Waals surface area contributed by atoms with Gasteiger partial charge in [0.15, 0.2) is 0 Å². The third kappa shape index (κ3) is 3.20. The van der Waals surface area contributed by atoms with Crippen LogP contribution in [0.2, 0.25) is 0 Å². The number of benzene rings is 1. The topological polar surface area (TPSA) is 63.6 Å². The van der Waals surface area contributed by atoms with Gasteiger partial charge in [0.05, 0.1) is 6.61 Å². The third-order valence-corrected chi connectivity index (χ3v) is 2.56. The molecule has 1 N–H and O–H groups in total. The maximum Gasteiger partial charge on any atom is 0.345 e. The van der Waals surface area contributed by atoms with E-state index >= 15 is 0 Å². The smallest absolute Gasteiger partial charge is 0.345 e. The maximum atomic E-state index is 11.5. The van der Waals surface area contributed by atoms with Crippen molar-refractivity contribution in [1.82, 2.24) is 0 Å². The highest BCUT2D eigenvalue weighted by Crippen LogP contribution is 2.17. The number of carbonyl (C=O) groups excluding carboxylic acids is 1. The van der Waals surface area contributed by atoms with Crippen molar-refractivity contribution in [3.8, 4) is 0 Å². The van der Waals surface area contributed by atoms with Crippen LogP contribution in [-0.4, -0.2) is 23.7 Å². The lowest BCUT2D eigenvalue weighted by molar-refractivity contribution is -0.143. The molecule has 0 radical (unpaired) electrons. The Morgan fingerprint density at radius 3 is 2.28 bits per heavy atom. The molecule has 0 unspecified atom stereocenters. The molecule has 0 aliphatic heterocycles. The van der Waals surface area contributed by atoms with Crippen LogP contribution in [0, 0.1) is 13.8 Å². The van der Waals surface area contributed by atoms with Crippen LogP contribution < -0.4 is 0 Å². The molecule has 0 saturated heterocycles. The van der Waals surface area contributed by atoms with Gasteiger partial charge in [-0.2, -0.15) is 0 Å². The molecular weight excluding hydrogens is 232 g/mol. The van der Waals surface area contributed by atoms with Crippen molar-refractivity contribution in [2.75, 3.05) is 6.61 Å². The molecule has 0 fully saturated rings. The number of carboxylic acids is 1. The number of hydrogen-bond acceptors (Lipinski definition) is 3. The molecule has 0 aliphatic rings. The highest BCUT2D eigenvalue weighted by molar-refractivity contribution is 6.17. The molecule has 0 spiro atoms. The zero-order valence-electron chi connectivity index (χ0n) is 10.7. The zero-order chi connectivity index (χ0) is 13.7. The van der Waals surface area contributed by atoms with E-state index in [4.69, 9.17) is 9.84 Å². The number of ether oxygens (including phenoxy) is 1. The van der Waals surface area contributed by atoms with Gasteiger partial charge in [-0.3, -0.25) is 0 Å². The molecular formula is C14H16O4. The Hall–Kier alpha value is -2.10. The number of aryl methyl sites for hydroxylation is 2. The van der Waals surface area contributed by atoms with Crippen molar-refractivity contribution < 1.29 is 19.4 Å². The van der Waals surface area contributed by atoms with Gasteiger partial charge in [0.2, 0.25) is 0 Å². The molecule has 0 amide bonds. The van der Waals surface area contributed by atoms with Crippen LogP contribution in [-0.2, 0) is 14.3 Å². The highest BCUT2D eigenvalue weighted by atomic mass is 16.5. The molecule has 0 saturated carbocycles. The summed E-state index contributed by atoms with van der Waals surface area (Å²) in [7, 11) is 0. The van der Waals surface area contributed by atoms with E-state index in [0.29, 0.717) is 0 Å². The predicted octanol–water partition coefficient (Wildman–Crippen LogP) is 2.33. The number of esters is 1. The number of carboxylic acid groups (broad SMARTS) is 1. The van der Waals surface area contributed by atoms with Crippen LogP contribution in [0.5, 0.6) is 0 Å². The molecule has 0 heterocycles. The fourth-order valence-electron chi connectivity index (χ4n) is 1.62. The number of carbonyl (C=O) groups is 2.